The van der Waals surface area contributed by atoms with Gasteiger partial charge in [-0.25, -0.2) is 4.39 Å². The van der Waals surface area contributed by atoms with E-state index in [1.165, 1.54) is 0 Å². The van der Waals surface area contributed by atoms with Crippen molar-refractivity contribution in [2.45, 2.75) is 6.92 Å². The Morgan fingerprint density at radius 2 is 1.64 bits per heavy atom. The minimum atomic E-state index is -0.217. The summed E-state index contributed by atoms with van der Waals surface area (Å²) in [5.41, 5.74) is 1.41. The summed E-state index contributed by atoms with van der Waals surface area (Å²) in [5.74, 6) is 1.30. The lowest BCUT2D eigenvalue weighted by Gasteiger charge is -2.09. The highest BCUT2D eigenvalue weighted by Gasteiger charge is 2.10. The Morgan fingerprint density at radius 1 is 0.909 bits per heavy atom. The monoisotopic (exact) mass is 296 g/mol. The molecule has 112 valence electrons. The fraction of sp³-hybridized carbons (Fsp3) is 0.158. The predicted molar refractivity (Wildman–Crippen MR) is 87.1 cm³/mol. The van der Waals surface area contributed by atoms with Crippen LogP contribution in [0.5, 0.6) is 11.5 Å². The molecule has 0 aliphatic rings. The Hall–Kier alpha value is -2.55. The summed E-state index contributed by atoms with van der Waals surface area (Å²) in [4.78, 5) is 0. The van der Waals surface area contributed by atoms with Crippen molar-refractivity contribution < 1.29 is 13.9 Å². The third-order valence-electron chi connectivity index (χ3n) is 3.64. The standard InChI is InChI=1S/C19H17FO2/c1-3-22-16-9-11-18-14(12-16)6-10-17(19(18)20)13-4-7-15(21-2)8-5-13/h4-12H,3H2,1-2H3. The van der Waals surface area contributed by atoms with E-state index in [-0.39, 0.29) is 5.82 Å². The van der Waals surface area contributed by atoms with E-state index in [9.17, 15) is 4.39 Å². The minimum Gasteiger partial charge on any atom is -0.497 e. The fourth-order valence-corrected chi connectivity index (χ4v) is 2.52. The lowest BCUT2D eigenvalue weighted by molar-refractivity contribution is 0.340. The molecule has 0 saturated heterocycles. The largest absolute Gasteiger partial charge is 0.497 e. The molecule has 3 aromatic carbocycles. The van der Waals surface area contributed by atoms with Gasteiger partial charge in [-0.2, -0.15) is 0 Å². The maximum Gasteiger partial charge on any atom is 0.138 e. The van der Waals surface area contributed by atoms with Crippen LogP contribution in [0.15, 0.2) is 54.6 Å². The number of fused-ring (bicyclic) bond motifs is 1. The van der Waals surface area contributed by atoms with Crippen molar-refractivity contribution >= 4 is 10.8 Å². The highest BCUT2D eigenvalue weighted by molar-refractivity contribution is 5.89. The van der Waals surface area contributed by atoms with Gasteiger partial charge in [0.25, 0.3) is 0 Å². The second-order valence-corrected chi connectivity index (χ2v) is 4.97. The number of ether oxygens (including phenoxy) is 2. The number of hydrogen-bond donors (Lipinski definition) is 0. The third kappa shape index (κ3) is 2.62. The van der Waals surface area contributed by atoms with Crippen molar-refractivity contribution in [1.82, 2.24) is 0 Å². The molecule has 0 unspecified atom stereocenters. The molecule has 0 aromatic heterocycles. The highest BCUT2D eigenvalue weighted by Crippen LogP contribution is 2.31. The predicted octanol–water partition coefficient (Wildman–Crippen LogP) is 5.05. The van der Waals surface area contributed by atoms with Crippen molar-refractivity contribution in [3.63, 3.8) is 0 Å². The van der Waals surface area contributed by atoms with Crippen LogP contribution in [0.2, 0.25) is 0 Å². The van der Waals surface area contributed by atoms with E-state index in [0.717, 1.165) is 22.4 Å². The van der Waals surface area contributed by atoms with Gasteiger partial charge >= 0.3 is 0 Å². The molecule has 0 amide bonds. The first-order chi connectivity index (χ1) is 10.7. The van der Waals surface area contributed by atoms with Gasteiger partial charge < -0.3 is 9.47 Å². The van der Waals surface area contributed by atoms with E-state index in [4.69, 9.17) is 9.47 Å². The SMILES string of the molecule is CCOc1ccc2c(F)c(-c3ccc(OC)cc3)ccc2c1. The van der Waals surface area contributed by atoms with Crippen LogP contribution in [-0.2, 0) is 0 Å². The quantitative estimate of drug-likeness (QED) is 0.670. The summed E-state index contributed by atoms with van der Waals surface area (Å²) < 4.78 is 25.4. The van der Waals surface area contributed by atoms with Gasteiger partial charge in [0.2, 0.25) is 0 Å². The summed E-state index contributed by atoms with van der Waals surface area (Å²) in [7, 11) is 1.61. The van der Waals surface area contributed by atoms with Crippen molar-refractivity contribution in [1.29, 1.82) is 0 Å². The zero-order chi connectivity index (χ0) is 15.5. The molecule has 0 aliphatic heterocycles. The number of methoxy groups -OCH3 is 1. The van der Waals surface area contributed by atoms with Crippen LogP contribution in [0.4, 0.5) is 4.39 Å². The van der Waals surface area contributed by atoms with Crippen molar-refractivity contribution in [3.05, 3.63) is 60.4 Å². The lowest BCUT2D eigenvalue weighted by atomic mass is 10.00. The minimum absolute atomic E-state index is 0.217. The molecule has 3 aromatic rings. The van der Waals surface area contributed by atoms with Gasteiger partial charge in [0.1, 0.15) is 17.3 Å². The molecule has 0 aliphatic carbocycles. The average Bonchev–Trinajstić information content (AvgIpc) is 2.56. The third-order valence-corrected chi connectivity index (χ3v) is 3.64. The molecule has 3 heteroatoms. The maximum absolute atomic E-state index is 14.8. The first-order valence-electron chi connectivity index (χ1n) is 7.22. The zero-order valence-corrected chi connectivity index (χ0v) is 12.6. The van der Waals surface area contributed by atoms with Crippen LogP contribution in [-0.4, -0.2) is 13.7 Å². The van der Waals surface area contributed by atoms with Crippen molar-refractivity contribution in [3.8, 4) is 22.6 Å². The molecule has 0 N–H and O–H groups in total. The van der Waals surface area contributed by atoms with Crippen molar-refractivity contribution in [2.24, 2.45) is 0 Å². The van der Waals surface area contributed by atoms with Gasteiger partial charge in [-0.3, -0.25) is 0 Å². The molecule has 0 spiro atoms. The van der Waals surface area contributed by atoms with E-state index < -0.39 is 0 Å². The van der Waals surface area contributed by atoms with Crippen LogP contribution in [0.25, 0.3) is 21.9 Å². The van der Waals surface area contributed by atoms with Gasteiger partial charge in [0.15, 0.2) is 0 Å². The summed E-state index contributed by atoms with van der Waals surface area (Å²) in [5, 5.41) is 1.43. The Morgan fingerprint density at radius 3 is 2.32 bits per heavy atom. The Balaban J connectivity index is 2.07. The molecule has 0 bridgehead atoms. The van der Waals surface area contributed by atoms with E-state index in [1.807, 2.05) is 43.3 Å². The van der Waals surface area contributed by atoms with Crippen LogP contribution in [0.3, 0.4) is 0 Å². The average molecular weight is 296 g/mol. The molecule has 3 rings (SSSR count). The second kappa shape index (κ2) is 6.06. The van der Waals surface area contributed by atoms with E-state index >= 15 is 0 Å². The summed E-state index contributed by atoms with van der Waals surface area (Å²) in [6.07, 6.45) is 0. The van der Waals surface area contributed by atoms with E-state index in [0.29, 0.717) is 17.6 Å². The maximum atomic E-state index is 14.8. The highest BCUT2D eigenvalue weighted by atomic mass is 19.1. The molecule has 2 nitrogen and oxygen atoms in total. The number of rotatable bonds is 4. The van der Waals surface area contributed by atoms with Crippen LogP contribution in [0, 0.1) is 5.82 Å². The van der Waals surface area contributed by atoms with Gasteiger partial charge in [-0.15, -0.1) is 0 Å². The molecule has 0 atom stereocenters. The van der Waals surface area contributed by atoms with Gasteiger partial charge in [0.05, 0.1) is 13.7 Å². The van der Waals surface area contributed by atoms with Crippen LogP contribution >= 0.6 is 0 Å². The fourth-order valence-electron chi connectivity index (χ4n) is 2.52. The zero-order valence-electron chi connectivity index (χ0n) is 12.6. The smallest absolute Gasteiger partial charge is 0.138 e. The topological polar surface area (TPSA) is 18.5 Å². The lowest BCUT2D eigenvalue weighted by Crippen LogP contribution is -1.92. The molecule has 0 saturated carbocycles. The summed E-state index contributed by atoms with van der Waals surface area (Å²) in [6, 6.07) is 16.5. The molecule has 0 radical (unpaired) electrons. The van der Waals surface area contributed by atoms with E-state index in [2.05, 4.69) is 0 Å². The Labute approximate surface area is 129 Å². The van der Waals surface area contributed by atoms with Crippen LogP contribution < -0.4 is 9.47 Å². The van der Waals surface area contributed by atoms with Gasteiger partial charge in [-0.1, -0.05) is 24.3 Å². The van der Waals surface area contributed by atoms with Gasteiger partial charge in [-0.05, 0) is 48.2 Å². The molecule has 22 heavy (non-hydrogen) atoms. The molecule has 0 fully saturated rings. The summed E-state index contributed by atoms with van der Waals surface area (Å²) in [6.45, 7) is 2.52. The molecule has 0 heterocycles. The van der Waals surface area contributed by atoms with Gasteiger partial charge in [0, 0.05) is 10.9 Å². The Bertz CT molecular complexity index is 794. The van der Waals surface area contributed by atoms with E-state index in [1.54, 1.807) is 25.3 Å². The first-order valence-corrected chi connectivity index (χ1v) is 7.22. The number of benzene rings is 3. The number of hydrogen-bond acceptors (Lipinski definition) is 2. The molecular weight excluding hydrogens is 279 g/mol. The number of halogens is 1. The normalized spacial score (nSPS) is 10.7. The summed E-state index contributed by atoms with van der Waals surface area (Å²) >= 11 is 0. The second-order valence-electron chi connectivity index (χ2n) is 4.97. The Kier molecular flexibility index (Phi) is 3.96. The van der Waals surface area contributed by atoms with Crippen molar-refractivity contribution in [2.75, 3.05) is 13.7 Å². The van der Waals surface area contributed by atoms with Crippen LogP contribution in [0.1, 0.15) is 6.92 Å². The first kappa shape index (κ1) is 14.4. The molecular formula is C19H17FO2.